The van der Waals surface area contributed by atoms with Crippen LogP contribution < -0.4 is 21.3 Å². The molecule has 1 fully saturated rings. The van der Waals surface area contributed by atoms with Crippen molar-refractivity contribution in [1.29, 1.82) is 0 Å². The first kappa shape index (κ1) is 23.6. The number of urea groups is 1. The van der Waals surface area contributed by atoms with Crippen molar-refractivity contribution >= 4 is 35.1 Å². The molecule has 2 aromatic carbocycles. The van der Waals surface area contributed by atoms with Gasteiger partial charge in [0.2, 0.25) is 0 Å². The number of benzene rings is 2. The average Bonchev–Trinajstić information content (AvgIpc) is 3.33. The van der Waals surface area contributed by atoms with Gasteiger partial charge in [0.1, 0.15) is 6.04 Å². The molecule has 3 atom stereocenters. The van der Waals surface area contributed by atoms with Gasteiger partial charge in [0.25, 0.3) is 0 Å². The number of hydrogen-bond donors (Lipinski definition) is 3. The Morgan fingerprint density at radius 1 is 1.08 bits per heavy atom. The summed E-state index contributed by atoms with van der Waals surface area (Å²) < 4.78 is 0. The fraction of sp³-hybridized carbons (Fsp3) is 0.345. The number of hydrogen-bond acceptors (Lipinski definition) is 6. The lowest BCUT2D eigenvalue weighted by Gasteiger charge is -2.36. The maximum atomic E-state index is 13.6. The van der Waals surface area contributed by atoms with Gasteiger partial charge in [0.05, 0.1) is 31.1 Å². The number of amides is 2. The normalized spacial score (nSPS) is 25.5. The van der Waals surface area contributed by atoms with Gasteiger partial charge >= 0.3 is 6.03 Å². The van der Waals surface area contributed by atoms with Crippen LogP contribution in [0.5, 0.6) is 0 Å². The number of Topliss-reactive ketones (excluding diaryl/α,β-unsaturated/α-hetero) is 1. The molecule has 0 saturated carbocycles. The number of allylic oxidation sites excluding steroid dienone is 1. The molecule has 8 nitrogen and oxygen atoms in total. The van der Waals surface area contributed by atoms with E-state index < -0.39 is 0 Å². The van der Waals surface area contributed by atoms with E-state index in [-0.39, 0.29) is 23.9 Å². The van der Waals surface area contributed by atoms with Crippen LogP contribution in [-0.4, -0.2) is 55.0 Å². The summed E-state index contributed by atoms with van der Waals surface area (Å²) >= 11 is 0. The van der Waals surface area contributed by atoms with Crippen LogP contribution in [0.25, 0.3) is 5.57 Å². The molecule has 8 heteroatoms. The quantitative estimate of drug-likeness (QED) is 0.584. The van der Waals surface area contributed by atoms with E-state index >= 15 is 0 Å². The Bertz CT molecular complexity index is 1310. The molecule has 3 N–H and O–H groups in total. The molecule has 1 aliphatic carbocycles. The summed E-state index contributed by atoms with van der Waals surface area (Å²) in [5.41, 5.74) is 6.87. The minimum absolute atomic E-state index is 0.126. The van der Waals surface area contributed by atoms with E-state index in [1.54, 1.807) is 6.34 Å². The molecule has 1 radical (unpaired) electrons. The molecule has 2 aromatic rings. The second-order valence-corrected chi connectivity index (χ2v) is 10.1. The SMILES string of the molecule is CC1=C(CC2CC(c3cccc4c3[N]C(=O)N4)CCN2)C(c2ccccc2)=CC(N2C=NCNC2)C1=O. The van der Waals surface area contributed by atoms with Crippen molar-refractivity contribution in [3.05, 3.63) is 76.9 Å². The number of anilines is 1. The van der Waals surface area contributed by atoms with Crippen LogP contribution in [-0.2, 0) is 4.79 Å². The molecule has 0 spiro atoms. The molecule has 6 rings (SSSR count). The standard InChI is InChI=1S/C29H31N6O2/c1-18-23(13-21-12-20(10-11-32-21)22-8-5-9-25-27(22)34-29(37)33-25)24(19-6-3-2-4-7-19)14-26(28(18)36)35-16-30-15-31-17-35/h2-9,14,16,20-21,26,31-32H,10-13,15,17H2,1H3,(H,33,37). The van der Waals surface area contributed by atoms with Crippen LogP contribution in [0, 0.1) is 0 Å². The van der Waals surface area contributed by atoms with Gasteiger partial charge in [-0.3, -0.25) is 15.1 Å². The van der Waals surface area contributed by atoms with Crippen LogP contribution in [0.1, 0.15) is 43.2 Å². The maximum Gasteiger partial charge on any atom is 0.346 e. The summed E-state index contributed by atoms with van der Waals surface area (Å²) in [5.74, 6) is 0.423. The summed E-state index contributed by atoms with van der Waals surface area (Å²) in [4.78, 5) is 31.8. The fourth-order valence-corrected chi connectivity index (χ4v) is 5.96. The number of aliphatic imine (C=N–C) groups is 1. The molecule has 1 saturated heterocycles. The van der Waals surface area contributed by atoms with E-state index in [9.17, 15) is 9.59 Å². The van der Waals surface area contributed by atoms with Crippen LogP contribution >= 0.6 is 0 Å². The Labute approximate surface area is 216 Å². The first-order chi connectivity index (χ1) is 18.1. The molecule has 189 valence electrons. The Balaban J connectivity index is 1.29. The molecular formula is C29H31N6O2. The number of carbonyl (C=O) groups excluding carboxylic acids is 2. The fourth-order valence-electron chi connectivity index (χ4n) is 5.96. The van der Waals surface area contributed by atoms with Crippen molar-refractivity contribution in [1.82, 2.24) is 20.9 Å². The highest BCUT2D eigenvalue weighted by atomic mass is 16.2. The number of para-hydroxylation sites is 1. The zero-order valence-electron chi connectivity index (χ0n) is 20.9. The van der Waals surface area contributed by atoms with Gasteiger partial charge in [0, 0.05) is 6.04 Å². The molecule has 0 aromatic heterocycles. The Morgan fingerprint density at radius 2 is 1.95 bits per heavy atom. The number of nitrogens with zero attached hydrogens (tertiary/aromatic N) is 3. The van der Waals surface area contributed by atoms with Gasteiger partial charge in [0.15, 0.2) is 5.78 Å². The second-order valence-electron chi connectivity index (χ2n) is 10.1. The van der Waals surface area contributed by atoms with E-state index in [2.05, 4.69) is 50.5 Å². The molecular weight excluding hydrogens is 464 g/mol. The predicted octanol–water partition coefficient (Wildman–Crippen LogP) is 3.89. The highest BCUT2D eigenvalue weighted by molar-refractivity contribution is 6.09. The number of ketones is 1. The van der Waals surface area contributed by atoms with Gasteiger partial charge in [-0.05, 0) is 78.6 Å². The van der Waals surface area contributed by atoms with Gasteiger partial charge in [-0.25, -0.2) is 4.79 Å². The first-order valence-electron chi connectivity index (χ1n) is 13.0. The summed E-state index contributed by atoms with van der Waals surface area (Å²) in [7, 11) is 0. The molecule has 0 bridgehead atoms. The molecule has 2 amide bonds. The van der Waals surface area contributed by atoms with Crippen molar-refractivity contribution in [3.63, 3.8) is 0 Å². The van der Waals surface area contributed by atoms with Crippen molar-refractivity contribution in [2.45, 2.75) is 44.2 Å². The lowest BCUT2D eigenvalue weighted by molar-refractivity contribution is -0.118. The number of nitrogens with one attached hydrogen (secondary N) is 3. The zero-order valence-corrected chi connectivity index (χ0v) is 20.9. The van der Waals surface area contributed by atoms with E-state index in [1.807, 2.05) is 42.2 Å². The van der Waals surface area contributed by atoms with Crippen LogP contribution in [0.2, 0.25) is 0 Å². The Hall–Kier alpha value is -3.75. The third-order valence-electron chi connectivity index (χ3n) is 7.82. The van der Waals surface area contributed by atoms with Crippen molar-refractivity contribution < 1.29 is 9.59 Å². The van der Waals surface area contributed by atoms with Crippen molar-refractivity contribution in [3.8, 4) is 0 Å². The monoisotopic (exact) mass is 495 g/mol. The number of rotatable bonds is 5. The summed E-state index contributed by atoms with van der Waals surface area (Å²) in [6, 6.07) is 15.9. The first-order valence-corrected chi connectivity index (χ1v) is 13.0. The topological polar surface area (TPSA) is 99.9 Å². The van der Waals surface area contributed by atoms with E-state index in [4.69, 9.17) is 0 Å². The van der Waals surface area contributed by atoms with Gasteiger partial charge in [-0.2, -0.15) is 5.32 Å². The molecule has 3 unspecified atom stereocenters. The van der Waals surface area contributed by atoms with E-state index in [0.717, 1.165) is 65.0 Å². The third-order valence-corrected chi connectivity index (χ3v) is 7.82. The Kier molecular flexibility index (Phi) is 6.36. The molecule has 3 aliphatic heterocycles. The predicted molar refractivity (Wildman–Crippen MR) is 145 cm³/mol. The summed E-state index contributed by atoms with van der Waals surface area (Å²) in [6.45, 7) is 4.01. The van der Waals surface area contributed by atoms with Crippen LogP contribution in [0.4, 0.5) is 16.2 Å². The van der Waals surface area contributed by atoms with Crippen molar-refractivity contribution in [2.24, 2.45) is 4.99 Å². The minimum atomic E-state index is -0.374. The zero-order chi connectivity index (χ0) is 25.4. The van der Waals surface area contributed by atoms with Crippen LogP contribution in [0.3, 0.4) is 0 Å². The number of carbonyl (C=O) groups is 2. The average molecular weight is 496 g/mol. The minimum Gasteiger partial charge on any atom is -0.336 e. The highest BCUT2D eigenvalue weighted by Crippen LogP contribution is 2.42. The lowest BCUT2D eigenvalue weighted by Crippen LogP contribution is -2.48. The summed E-state index contributed by atoms with van der Waals surface area (Å²) in [6.07, 6.45) is 6.56. The molecule has 4 aliphatic rings. The van der Waals surface area contributed by atoms with Gasteiger partial charge in [-0.1, -0.05) is 42.5 Å². The van der Waals surface area contributed by atoms with Crippen LogP contribution in [0.15, 0.2) is 70.7 Å². The van der Waals surface area contributed by atoms with Gasteiger partial charge in [-0.15, -0.1) is 0 Å². The summed E-state index contributed by atoms with van der Waals surface area (Å²) in [5, 5.41) is 14.0. The van der Waals surface area contributed by atoms with E-state index in [1.165, 1.54) is 0 Å². The number of piperidine rings is 1. The van der Waals surface area contributed by atoms with E-state index in [0.29, 0.717) is 19.3 Å². The lowest BCUT2D eigenvalue weighted by atomic mass is 9.78. The van der Waals surface area contributed by atoms with Crippen molar-refractivity contribution in [2.75, 3.05) is 25.2 Å². The molecule has 37 heavy (non-hydrogen) atoms. The Morgan fingerprint density at radius 3 is 2.76 bits per heavy atom. The van der Waals surface area contributed by atoms with Gasteiger partial charge < -0.3 is 15.5 Å². The highest BCUT2D eigenvalue weighted by Gasteiger charge is 2.35. The largest absolute Gasteiger partial charge is 0.346 e. The third kappa shape index (κ3) is 4.58. The molecule has 3 heterocycles. The smallest absolute Gasteiger partial charge is 0.336 e. The second kappa shape index (κ2) is 9.95. The maximum absolute atomic E-state index is 13.6. The number of fused-ring (bicyclic) bond motifs is 1.